The van der Waals surface area contributed by atoms with Gasteiger partial charge in [-0.25, -0.2) is 0 Å². The molecule has 3 N–H and O–H groups in total. The van der Waals surface area contributed by atoms with Gasteiger partial charge >= 0.3 is 0 Å². The highest BCUT2D eigenvalue weighted by molar-refractivity contribution is 9.10. The Labute approximate surface area is 91.3 Å². The predicted octanol–water partition coefficient (Wildman–Crippen LogP) is 1.70. The molecule has 0 heterocycles. The molecule has 0 aromatic heterocycles. The van der Waals surface area contributed by atoms with Gasteiger partial charge in [0.2, 0.25) is 0 Å². The Kier molecular flexibility index (Phi) is 3.64. The maximum Gasteiger partial charge on any atom is 0.0992 e. The quantitative estimate of drug-likeness (QED) is 0.844. The molecule has 0 aliphatic carbocycles. The van der Waals surface area contributed by atoms with Crippen molar-refractivity contribution in [2.75, 3.05) is 0 Å². The van der Waals surface area contributed by atoms with Crippen LogP contribution in [0.2, 0.25) is 0 Å². The first-order chi connectivity index (χ1) is 6.54. The third-order valence-electron chi connectivity index (χ3n) is 1.95. The van der Waals surface area contributed by atoms with Crippen LogP contribution in [0, 0.1) is 11.3 Å². The van der Waals surface area contributed by atoms with Crippen LogP contribution in [0.4, 0.5) is 0 Å². The lowest BCUT2D eigenvalue weighted by molar-refractivity contribution is 0.164. The van der Waals surface area contributed by atoms with Crippen molar-refractivity contribution in [1.82, 2.24) is 0 Å². The molecule has 74 valence electrons. The summed E-state index contributed by atoms with van der Waals surface area (Å²) in [6.45, 7) is 1.62. The third kappa shape index (κ3) is 2.55. The van der Waals surface area contributed by atoms with Gasteiger partial charge in [0.1, 0.15) is 0 Å². The molecule has 0 spiro atoms. The average Bonchev–Trinajstić information content (AvgIpc) is 2.15. The van der Waals surface area contributed by atoms with Crippen molar-refractivity contribution >= 4 is 15.9 Å². The van der Waals surface area contributed by atoms with Crippen LogP contribution < -0.4 is 5.73 Å². The maximum absolute atomic E-state index is 9.31. The lowest BCUT2D eigenvalue weighted by Gasteiger charge is -2.15. The van der Waals surface area contributed by atoms with E-state index in [1.54, 1.807) is 25.1 Å². The largest absolute Gasteiger partial charge is 0.391 e. The van der Waals surface area contributed by atoms with E-state index in [1.165, 1.54) is 0 Å². The van der Waals surface area contributed by atoms with Gasteiger partial charge in [-0.05, 0) is 30.7 Å². The zero-order valence-electron chi connectivity index (χ0n) is 7.74. The molecule has 0 radical (unpaired) electrons. The second kappa shape index (κ2) is 4.56. The molecule has 1 aromatic carbocycles. The summed E-state index contributed by atoms with van der Waals surface area (Å²) in [5, 5.41) is 18.0. The minimum Gasteiger partial charge on any atom is -0.391 e. The Morgan fingerprint density at radius 2 is 2.14 bits per heavy atom. The van der Waals surface area contributed by atoms with Gasteiger partial charge < -0.3 is 10.8 Å². The number of hydrogen-bond donors (Lipinski definition) is 2. The SMILES string of the molecule is CC(O)C(N)c1cc(Br)cc(C#N)c1. The number of nitrogens with two attached hydrogens (primary N) is 1. The second-order valence-electron chi connectivity index (χ2n) is 3.15. The summed E-state index contributed by atoms with van der Waals surface area (Å²) in [6.07, 6.45) is -0.629. The molecule has 2 unspecified atom stereocenters. The molecular formula is C10H11BrN2O. The van der Waals surface area contributed by atoms with Gasteiger partial charge in [0.05, 0.1) is 23.8 Å². The molecule has 0 aliphatic heterocycles. The van der Waals surface area contributed by atoms with Crippen molar-refractivity contribution < 1.29 is 5.11 Å². The number of benzene rings is 1. The van der Waals surface area contributed by atoms with Gasteiger partial charge in [-0.15, -0.1) is 0 Å². The van der Waals surface area contributed by atoms with Crippen LogP contribution in [0.1, 0.15) is 24.1 Å². The Balaban J connectivity index is 3.10. The van der Waals surface area contributed by atoms with E-state index in [4.69, 9.17) is 11.0 Å². The number of nitriles is 1. The topological polar surface area (TPSA) is 70.0 Å². The summed E-state index contributed by atoms with van der Waals surface area (Å²) in [6, 6.07) is 6.77. The minimum atomic E-state index is -0.629. The van der Waals surface area contributed by atoms with Crippen molar-refractivity contribution in [3.63, 3.8) is 0 Å². The van der Waals surface area contributed by atoms with Gasteiger partial charge in [-0.1, -0.05) is 15.9 Å². The number of aliphatic hydroxyl groups is 1. The third-order valence-corrected chi connectivity index (χ3v) is 2.41. The number of halogens is 1. The fourth-order valence-electron chi connectivity index (χ4n) is 1.15. The highest BCUT2D eigenvalue weighted by Crippen LogP contribution is 2.21. The average molecular weight is 255 g/mol. The Hall–Kier alpha value is -0.890. The van der Waals surface area contributed by atoms with Gasteiger partial charge in [0, 0.05) is 4.47 Å². The number of nitrogens with zero attached hydrogens (tertiary/aromatic N) is 1. The summed E-state index contributed by atoms with van der Waals surface area (Å²) in [4.78, 5) is 0. The standard InChI is InChI=1S/C10H11BrN2O/c1-6(14)10(13)8-2-7(5-12)3-9(11)4-8/h2-4,6,10,14H,13H2,1H3. The smallest absolute Gasteiger partial charge is 0.0992 e. The molecule has 3 nitrogen and oxygen atoms in total. The van der Waals surface area contributed by atoms with E-state index in [0.717, 1.165) is 10.0 Å². The van der Waals surface area contributed by atoms with Crippen LogP contribution in [0.25, 0.3) is 0 Å². The molecular weight excluding hydrogens is 244 g/mol. The van der Waals surface area contributed by atoms with Crippen molar-refractivity contribution in [3.8, 4) is 6.07 Å². The van der Waals surface area contributed by atoms with Crippen LogP contribution in [-0.2, 0) is 0 Å². The minimum absolute atomic E-state index is 0.459. The Morgan fingerprint density at radius 1 is 1.50 bits per heavy atom. The van der Waals surface area contributed by atoms with E-state index in [1.807, 2.05) is 6.07 Å². The van der Waals surface area contributed by atoms with E-state index in [2.05, 4.69) is 15.9 Å². The molecule has 0 aliphatic rings. The zero-order valence-corrected chi connectivity index (χ0v) is 9.32. The van der Waals surface area contributed by atoms with E-state index < -0.39 is 12.1 Å². The molecule has 0 amide bonds. The van der Waals surface area contributed by atoms with Crippen molar-refractivity contribution in [1.29, 1.82) is 5.26 Å². The molecule has 14 heavy (non-hydrogen) atoms. The van der Waals surface area contributed by atoms with Crippen LogP contribution in [0.15, 0.2) is 22.7 Å². The molecule has 2 atom stereocenters. The van der Waals surface area contributed by atoms with Crippen molar-refractivity contribution in [2.24, 2.45) is 5.73 Å². The second-order valence-corrected chi connectivity index (χ2v) is 4.07. The van der Waals surface area contributed by atoms with E-state index in [0.29, 0.717) is 5.56 Å². The molecule has 0 saturated carbocycles. The van der Waals surface area contributed by atoms with Crippen LogP contribution >= 0.6 is 15.9 Å². The fraction of sp³-hybridized carbons (Fsp3) is 0.300. The first-order valence-electron chi connectivity index (χ1n) is 4.19. The number of aliphatic hydroxyl groups excluding tert-OH is 1. The summed E-state index contributed by atoms with van der Waals surface area (Å²) >= 11 is 3.28. The molecule has 0 fully saturated rings. The molecule has 1 aromatic rings. The van der Waals surface area contributed by atoms with E-state index in [9.17, 15) is 5.11 Å². The monoisotopic (exact) mass is 254 g/mol. The lowest BCUT2D eigenvalue weighted by Crippen LogP contribution is -2.23. The summed E-state index contributed by atoms with van der Waals surface area (Å²) in [5.74, 6) is 0. The Morgan fingerprint density at radius 3 is 2.64 bits per heavy atom. The van der Waals surface area contributed by atoms with Crippen molar-refractivity contribution in [3.05, 3.63) is 33.8 Å². The fourth-order valence-corrected chi connectivity index (χ4v) is 1.66. The maximum atomic E-state index is 9.31. The van der Waals surface area contributed by atoms with Gasteiger partial charge in [-0.3, -0.25) is 0 Å². The highest BCUT2D eigenvalue weighted by Gasteiger charge is 2.13. The lowest BCUT2D eigenvalue weighted by atomic mass is 10.0. The van der Waals surface area contributed by atoms with Gasteiger partial charge in [0.25, 0.3) is 0 Å². The summed E-state index contributed by atoms with van der Waals surface area (Å²) in [7, 11) is 0. The number of hydrogen-bond acceptors (Lipinski definition) is 3. The van der Waals surface area contributed by atoms with Crippen molar-refractivity contribution in [2.45, 2.75) is 19.1 Å². The van der Waals surface area contributed by atoms with Gasteiger partial charge in [-0.2, -0.15) is 5.26 Å². The van der Waals surface area contributed by atoms with Crippen LogP contribution in [0.3, 0.4) is 0 Å². The summed E-state index contributed by atoms with van der Waals surface area (Å²) < 4.78 is 0.794. The molecule has 0 saturated heterocycles. The van der Waals surface area contributed by atoms with Gasteiger partial charge in [0.15, 0.2) is 0 Å². The number of rotatable bonds is 2. The highest BCUT2D eigenvalue weighted by atomic mass is 79.9. The van der Waals surface area contributed by atoms with E-state index >= 15 is 0 Å². The predicted molar refractivity (Wildman–Crippen MR) is 57.5 cm³/mol. The normalized spacial score (nSPS) is 14.5. The van der Waals surface area contributed by atoms with E-state index in [-0.39, 0.29) is 0 Å². The molecule has 4 heteroatoms. The molecule has 0 bridgehead atoms. The Bertz CT molecular complexity index is 371. The summed E-state index contributed by atoms with van der Waals surface area (Å²) in [5.41, 5.74) is 7.04. The zero-order chi connectivity index (χ0) is 10.7. The first-order valence-corrected chi connectivity index (χ1v) is 4.98. The molecule has 1 rings (SSSR count). The first kappa shape index (κ1) is 11.2. The van der Waals surface area contributed by atoms with Crippen LogP contribution in [-0.4, -0.2) is 11.2 Å². The van der Waals surface area contributed by atoms with Crippen LogP contribution in [0.5, 0.6) is 0 Å².